The Hall–Kier alpha value is -1.42. The van der Waals surface area contributed by atoms with Crippen LogP contribution in [0.2, 0.25) is 0 Å². The fourth-order valence-electron chi connectivity index (χ4n) is 2.47. The second-order valence-electron chi connectivity index (χ2n) is 5.19. The van der Waals surface area contributed by atoms with Crippen molar-refractivity contribution in [1.82, 2.24) is 4.90 Å². The van der Waals surface area contributed by atoms with Crippen LogP contribution in [0, 0.1) is 5.92 Å². The van der Waals surface area contributed by atoms with Gasteiger partial charge in [-0.1, -0.05) is 0 Å². The molecule has 1 aliphatic heterocycles. The molecule has 4 heteroatoms. The Labute approximate surface area is 115 Å². The summed E-state index contributed by atoms with van der Waals surface area (Å²) in [7, 11) is 5.57. The Bertz CT molecular complexity index is 401. The molecule has 106 valence electrons. The quantitative estimate of drug-likeness (QED) is 0.886. The molecular formula is C15H24N2O2. The molecule has 0 saturated carbocycles. The molecule has 1 N–H and O–H groups in total. The topological polar surface area (TPSA) is 33.7 Å². The molecular weight excluding hydrogens is 240 g/mol. The molecule has 1 heterocycles. The van der Waals surface area contributed by atoms with Crippen molar-refractivity contribution in [3.05, 3.63) is 18.2 Å². The van der Waals surface area contributed by atoms with E-state index < -0.39 is 0 Å². The van der Waals surface area contributed by atoms with Crippen LogP contribution in [-0.4, -0.2) is 45.8 Å². The number of benzene rings is 1. The SMILES string of the molecule is COc1ccc(OC)c(NCC2CCN(C)CC2)c1. The van der Waals surface area contributed by atoms with E-state index in [0.29, 0.717) is 0 Å². The molecule has 0 atom stereocenters. The molecule has 1 aromatic carbocycles. The van der Waals surface area contributed by atoms with Gasteiger partial charge in [0, 0.05) is 12.6 Å². The fraction of sp³-hybridized carbons (Fsp3) is 0.600. The van der Waals surface area contributed by atoms with Gasteiger partial charge in [-0.2, -0.15) is 0 Å². The van der Waals surface area contributed by atoms with E-state index in [4.69, 9.17) is 9.47 Å². The number of methoxy groups -OCH3 is 2. The van der Waals surface area contributed by atoms with Crippen molar-refractivity contribution < 1.29 is 9.47 Å². The predicted octanol–water partition coefficient (Wildman–Crippen LogP) is 2.46. The zero-order chi connectivity index (χ0) is 13.7. The van der Waals surface area contributed by atoms with E-state index in [1.807, 2.05) is 18.2 Å². The van der Waals surface area contributed by atoms with Crippen LogP contribution in [0.25, 0.3) is 0 Å². The zero-order valence-corrected chi connectivity index (χ0v) is 12.1. The third-order valence-corrected chi connectivity index (χ3v) is 3.83. The smallest absolute Gasteiger partial charge is 0.142 e. The van der Waals surface area contributed by atoms with Crippen LogP contribution in [0.15, 0.2) is 18.2 Å². The molecule has 1 aromatic rings. The first-order valence-corrected chi connectivity index (χ1v) is 6.87. The standard InChI is InChI=1S/C15H24N2O2/c1-17-8-6-12(7-9-17)11-16-14-10-13(18-2)4-5-15(14)19-3/h4-5,10,12,16H,6-9,11H2,1-3H3. The molecule has 1 fully saturated rings. The number of nitrogens with one attached hydrogen (secondary N) is 1. The summed E-state index contributed by atoms with van der Waals surface area (Å²) in [6.07, 6.45) is 2.52. The van der Waals surface area contributed by atoms with Gasteiger partial charge in [0.05, 0.1) is 19.9 Å². The van der Waals surface area contributed by atoms with Crippen molar-refractivity contribution in [3.63, 3.8) is 0 Å². The monoisotopic (exact) mass is 264 g/mol. The largest absolute Gasteiger partial charge is 0.497 e. The third-order valence-electron chi connectivity index (χ3n) is 3.83. The van der Waals surface area contributed by atoms with E-state index in [1.54, 1.807) is 14.2 Å². The van der Waals surface area contributed by atoms with E-state index >= 15 is 0 Å². The molecule has 1 saturated heterocycles. The first-order valence-electron chi connectivity index (χ1n) is 6.87. The Morgan fingerprint density at radius 2 is 1.95 bits per heavy atom. The van der Waals surface area contributed by atoms with Crippen LogP contribution in [0.1, 0.15) is 12.8 Å². The van der Waals surface area contributed by atoms with E-state index in [1.165, 1.54) is 25.9 Å². The highest BCUT2D eigenvalue weighted by Gasteiger charge is 2.16. The summed E-state index contributed by atoms with van der Waals surface area (Å²) in [5, 5.41) is 3.50. The molecule has 0 aromatic heterocycles. The van der Waals surface area contributed by atoms with Gasteiger partial charge in [-0.15, -0.1) is 0 Å². The van der Waals surface area contributed by atoms with Crippen molar-refractivity contribution in [2.24, 2.45) is 5.92 Å². The molecule has 0 bridgehead atoms. The van der Waals surface area contributed by atoms with Gasteiger partial charge in [0.2, 0.25) is 0 Å². The van der Waals surface area contributed by atoms with Crippen LogP contribution in [-0.2, 0) is 0 Å². The Kier molecular flexibility index (Phi) is 4.91. The van der Waals surface area contributed by atoms with Crippen molar-refractivity contribution in [2.45, 2.75) is 12.8 Å². The van der Waals surface area contributed by atoms with Gasteiger partial charge >= 0.3 is 0 Å². The van der Waals surface area contributed by atoms with Gasteiger partial charge in [0.25, 0.3) is 0 Å². The van der Waals surface area contributed by atoms with E-state index in [0.717, 1.165) is 29.6 Å². The number of rotatable bonds is 5. The number of piperidine rings is 1. The molecule has 0 spiro atoms. The number of anilines is 1. The highest BCUT2D eigenvalue weighted by molar-refractivity contribution is 5.59. The predicted molar refractivity (Wildman–Crippen MR) is 78.3 cm³/mol. The molecule has 0 radical (unpaired) electrons. The van der Waals surface area contributed by atoms with Crippen molar-refractivity contribution in [3.8, 4) is 11.5 Å². The normalized spacial score (nSPS) is 17.2. The van der Waals surface area contributed by atoms with E-state index in [-0.39, 0.29) is 0 Å². The summed E-state index contributed by atoms with van der Waals surface area (Å²) >= 11 is 0. The molecule has 2 rings (SSSR count). The van der Waals surface area contributed by atoms with Crippen molar-refractivity contribution in [2.75, 3.05) is 46.2 Å². The second-order valence-corrected chi connectivity index (χ2v) is 5.19. The summed E-state index contributed by atoms with van der Waals surface area (Å²) in [6, 6.07) is 5.85. The number of likely N-dealkylation sites (tertiary alicyclic amines) is 1. The van der Waals surface area contributed by atoms with Gasteiger partial charge in [-0.05, 0) is 51.0 Å². The first kappa shape index (κ1) is 14.0. The highest BCUT2D eigenvalue weighted by Crippen LogP contribution is 2.29. The summed E-state index contributed by atoms with van der Waals surface area (Å²) in [5.74, 6) is 2.47. The molecule has 19 heavy (non-hydrogen) atoms. The number of hydrogen-bond donors (Lipinski definition) is 1. The molecule has 0 aliphatic carbocycles. The Balaban J connectivity index is 1.94. The second kappa shape index (κ2) is 6.66. The molecule has 1 aliphatic rings. The molecule has 0 unspecified atom stereocenters. The minimum Gasteiger partial charge on any atom is -0.497 e. The van der Waals surface area contributed by atoms with E-state index in [9.17, 15) is 0 Å². The summed E-state index contributed by atoms with van der Waals surface area (Å²) in [4.78, 5) is 2.39. The van der Waals surface area contributed by atoms with Crippen LogP contribution >= 0.6 is 0 Å². The molecule has 4 nitrogen and oxygen atoms in total. The van der Waals surface area contributed by atoms with Crippen molar-refractivity contribution >= 4 is 5.69 Å². The lowest BCUT2D eigenvalue weighted by molar-refractivity contribution is 0.226. The van der Waals surface area contributed by atoms with Crippen molar-refractivity contribution in [1.29, 1.82) is 0 Å². The summed E-state index contributed by atoms with van der Waals surface area (Å²) in [6.45, 7) is 3.39. The molecule has 0 amide bonds. The number of hydrogen-bond acceptors (Lipinski definition) is 4. The Morgan fingerprint density at radius 3 is 2.58 bits per heavy atom. The maximum Gasteiger partial charge on any atom is 0.142 e. The van der Waals surface area contributed by atoms with Crippen LogP contribution in [0.4, 0.5) is 5.69 Å². The lowest BCUT2D eigenvalue weighted by atomic mass is 9.97. The summed E-state index contributed by atoms with van der Waals surface area (Å²) < 4.78 is 10.6. The maximum absolute atomic E-state index is 5.38. The first-order chi connectivity index (χ1) is 9.22. The Morgan fingerprint density at radius 1 is 1.21 bits per heavy atom. The van der Waals surface area contributed by atoms with Crippen LogP contribution in [0.3, 0.4) is 0 Å². The minimum atomic E-state index is 0.743. The lowest BCUT2D eigenvalue weighted by Gasteiger charge is -2.29. The van der Waals surface area contributed by atoms with Gasteiger partial charge in [0.1, 0.15) is 11.5 Å². The number of nitrogens with zero attached hydrogens (tertiary/aromatic N) is 1. The van der Waals surface area contributed by atoms with Gasteiger partial charge < -0.3 is 19.7 Å². The van der Waals surface area contributed by atoms with E-state index in [2.05, 4.69) is 17.3 Å². The van der Waals surface area contributed by atoms with Gasteiger partial charge in [0.15, 0.2) is 0 Å². The maximum atomic E-state index is 5.38. The average Bonchev–Trinajstić information content (AvgIpc) is 2.46. The zero-order valence-electron chi connectivity index (χ0n) is 12.1. The third kappa shape index (κ3) is 3.77. The number of ether oxygens (including phenoxy) is 2. The fourth-order valence-corrected chi connectivity index (χ4v) is 2.47. The lowest BCUT2D eigenvalue weighted by Crippen LogP contribution is -2.32. The van der Waals surface area contributed by atoms with Crippen LogP contribution in [0.5, 0.6) is 11.5 Å². The average molecular weight is 264 g/mol. The minimum absolute atomic E-state index is 0.743. The van der Waals surface area contributed by atoms with Gasteiger partial charge in [-0.25, -0.2) is 0 Å². The summed E-state index contributed by atoms with van der Waals surface area (Å²) in [5.41, 5.74) is 1.01. The highest BCUT2D eigenvalue weighted by atomic mass is 16.5. The van der Waals surface area contributed by atoms with Gasteiger partial charge in [-0.3, -0.25) is 0 Å². The van der Waals surface area contributed by atoms with Crippen LogP contribution < -0.4 is 14.8 Å².